The van der Waals surface area contributed by atoms with E-state index in [-0.39, 0.29) is 12.5 Å². The van der Waals surface area contributed by atoms with Crippen LogP contribution in [0.2, 0.25) is 0 Å². The summed E-state index contributed by atoms with van der Waals surface area (Å²) in [5.74, 6) is -0.235. The van der Waals surface area contributed by atoms with E-state index in [9.17, 15) is 14.4 Å². The molecule has 0 radical (unpaired) electrons. The Balaban J connectivity index is 1.70. The van der Waals surface area contributed by atoms with Crippen molar-refractivity contribution >= 4 is 5.91 Å². The Hall–Kier alpha value is -1.97. The summed E-state index contributed by atoms with van der Waals surface area (Å²) in [4.78, 5) is 37.1. The van der Waals surface area contributed by atoms with Gasteiger partial charge in [0.25, 0.3) is 11.1 Å². The van der Waals surface area contributed by atoms with E-state index in [0.29, 0.717) is 39.5 Å². The Morgan fingerprint density at radius 1 is 1.30 bits per heavy atom. The van der Waals surface area contributed by atoms with Gasteiger partial charge in [-0.05, 0) is 0 Å². The molecule has 0 aliphatic carbocycles. The number of H-pyrrole nitrogens is 1. The molecule has 0 saturated carbocycles. The Bertz CT molecular complexity index is 674. The van der Waals surface area contributed by atoms with E-state index in [4.69, 9.17) is 9.47 Å². The molecule has 0 bridgehead atoms. The fourth-order valence-corrected chi connectivity index (χ4v) is 2.84. The van der Waals surface area contributed by atoms with Gasteiger partial charge in [-0.1, -0.05) is 0 Å². The maximum Gasteiger partial charge on any atom is 0.265 e. The molecule has 0 aromatic carbocycles. The van der Waals surface area contributed by atoms with Crippen LogP contribution in [-0.2, 0) is 20.8 Å². The Morgan fingerprint density at radius 3 is 3.04 bits per heavy atom. The first-order valence-electron chi connectivity index (χ1n) is 7.58. The van der Waals surface area contributed by atoms with Crippen LogP contribution >= 0.6 is 0 Å². The third-order valence-corrected chi connectivity index (χ3v) is 4.02. The molecule has 3 rings (SSSR count). The lowest BCUT2D eigenvalue weighted by atomic mass is 10.0. The van der Waals surface area contributed by atoms with Gasteiger partial charge in [-0.15, -0.1) is 0 Å². The monoisotopic (exact) mass is 324 g/mol. The van der Waals surface area contributed by atoms with E-state index in [1.807, 2.05) is 0 Å². The summed E-state index contributed by atoms with van der Waals surface area (Å²) < 4.78 is 12.4. The normalized spacial score (nSPS) is 25.3. The van der Waals surface area contributed by atoms with Gasteiger partial charge in [-0.3, -0.25) is 19.5 Å². The summed E-state index contributed by atoms with van der Waals surface area (Å²) in [5.41, 5.74) is -1.39. The highest BCUT2D eigenvalue weighted by atomic mass is 16.5. The van der Waals surface area contributed by atoms with Crippen LogP contribution in [0.15, 0.2) is 21.7 Å². The van der Waals surface area contributed by atoms with E-state index < -0.39 is 16.7 Å². The van der Waals surface area contributed by atoms with Crippen LogP contribution in [0.1, 0.15) is 0 Å². The molecular weight excluding hydrogens is 304 g/mol. The molecule has 2 aliphatic rings. The van der Waals surface area contributed by atoms with E-state index in [1.54, 1.807) is 4.90 Å². The second kappa shape index (κ2) is 6.65. The topological polar surface area (TPSA) is 106 Å². The number of morpholine rings is 1. The predicted molar refractivity (Wildman–Crippen MR) is 80.3 cm³/mol. The zero-order chi connectivity index (χ0) is 16.3. The predicted octanol–water partition coefficient (Wildman–Crippen LogP) is -2.25. The molecule has 126 valence electrons. The van der Waals surface area contributed by atoms with Gasteiger partial charge >= 0.3 is 0 Å². The SMILES string of the molecule is O=C(Cn1[nH]c(=O)ccc1=O)N1CCO[C@@]2(CNCCOC2)C1. The summed E-state index contributed by atoms with van der Waals surface area (Å²) in [5, 5.41) is 5.60. The molecule has 2 saturated heterocycles. The molecule has 9 nitrogen and oxygen atoms in total. The Kier molecular flexibility index (Phi) is 4.60. The third-order valence-electron chi connectivity index (χ3n) is 4.02. The van der Waals surface area contributed by atoms with Gasteiger partial charge in [0.15, 0.2) is 0 Å². The van der Waals surface area contributed by atoms with Crippen LogP contribution < -0.4 is 16.4 Å². The fraction of sp³-hybridized carbons (Fsp3) is 0.643. The number of nitrogens with one attached hydrogen (secondary N) is 2. The summed E-state index contributed by atoms with van der Waals surface area (Å²) >= 11 is 0. The number of hydrogen-bond acceptors (Lipinski definition) is 6. The van der Waals surface area contributed by atoms with Crippen LogP contribution in [-0.4, -0.2) is 72.2 Å². The highest BCUT2D eigenvalue weighted by molar-refractivity contribution is 5.76. The lowest BCUT2D eigenvalue weighted by Gasteiger charge is -2.41. The zero-order valence-electron chi connectivity index (χ0n) is 12.7. The number of carbonyl (C=O) groups excluding carboxylic acids is 1. The number of hydrogen-bond donors (Lipinski definition) is 2. The lowest BCUT2D eigenvalue weighted by molar-refractivity contribution is -0.159. The van der Waals surface area contributed by atoms with Crippen molar-refractivity contribution in [1.29, 1.82) is 0 Å². The maximum absolute atomic E-state index is 12.5. The number of amides is 1. The van der Waals surface area contributed by atoms with Gasteiger partial charge in [0.2, 0.25) is 5.91 Å². The molecule has 2 N–H and O–H groups in total. The molecule has 1 atom stereocenters. The average molecular weight is 324 g/mol. The van der Waals surface area contributed by atoms with Crippen molar-refractivity contribution in [2.45, 2.75) is 12.1 Å². The van der Waals surface area contributed by atoms with Crippen molar-refractivity contribution in [2.24, 2.45) is 0 Å². The molecule has 1 spiro atoms. The molecule has 3 heterocycles. The van der Waals surface area contributed by atoms with Gasteiger partial charge in [0, 0.05) is 31.8 Å². The smallest absolute Gasteiger partial charge is 0.265 e. The quantitative estimate of drug-likeness (QED) is 0.637. The number of aromatic amines is 1. The summed E-state index contributed by atoms with van der Waals surface area (Å²) in [6, 6.07) is 2.29. The van der Waals surface area contributed by atoms with E-state index in [1.165, 1.54) is 0 Å². The van der Waals surface area contributed by atoms with Crippen molar-refractivity contribution < 1.29 is 14.3 Å². The van der Waals surface area contributed by atoms with E-state index >= 15 is 0 Å². The van der Waals surface area contributed by atoms with E-state index in [0.717, 1.165) is 23.4 Å². The number of aromatic nitrogens is 2. The number of nitrogens with zero attached hydrogens (tertiary/aromatic N) is 2. The second-order valence-electron chi connectivity index (χ2n) is 5.81. The Morgan fingerprint density at radius 2 is 2.17 bits per heavy atom. The molecule has 2 aliphatic heterocycles. The molecule has 0 unspecified atom stereocenters. The minimum absolute atomic E-state index is 0.195. The second-order valence-corrected chi connectivity index (χ2v) is 5.81. The van der Waals surface area contributed by atoms with Crippen LogP contribution in [0.5, 0.6) is 0 Å². The minimum atomic E-state index is -0.556. The first-order chi connectivity index (χ1) is 11.1. The van der Waals surface area contributed by atoms with Gasteiger partial charge in [0.05, 0.1) is 26.4 Å². The lowest BCUT2D eigenvalue weighted by Crippen LogP contribution is -2.60. The molecule has 23 heavy (non-hydrogen) atoms. The summed E-state index contributed by atoms with van der Waals surface area (Å²) in [6.45, 7) is 3.46. The molecule has 2 fully saturated rings. The van der Waals surface area contributed by atoms with Crippen molar-refractivity contribution in [2.75, 3.05) is 46.0 Å². The fourth-order valence-electron chi connectivity index (χ4n) is 2.84. The van der Waals surface area contributed by atoms with Crippen LogP contribution in [0.25, 0.3) is 0 Å². The molecule has 1 aromatic heterocycles. The summed E-state index contributed by atoms with van der Waals surface area (Å²) in [7, 11) is 0. The van der Waals surface area contributed by atoms with Crippen molar-refractivity contribution in [3.8, 4) is 0 Å². The summed E-state index contributed by atoms with van der Waals surface area (Å²) in [6.07, 6.45) is 0. The molecular formula is C14H20N4O5. The van der Waals surface area contributed by atoms with E-state index in [2.05, 4.69) is 10.4 Å². The number of rotatable bonds is 2. The number of carbonyl (C=O) groups is 1. The largest absolute Gasteiger partial charge is 0.377 e. The first-order valence-corrected chi connectivity index (χ1v) is 7.58. The van der Waals surface area contributed by atoms with Gasteiger partial charge in [-0.25, -0.2) is 4.68 Å². The standard InChI is InChI=1S/C14H20N4O5/c19-11-1-2-12(20)18(16-11)7-13(21)17-4-6-23-14(9-17)8-15-3-5-22-10-14/h1-2,15H,3-10H2,(H,16,19)/t14-/m0/s1. The molecule has 9 heteroatoms. The van der Waals surface area contributed by atoms with Gasteiger partial charge in [-0.2, -0.15) is 0 Å². The zero-order valence-corrected chi connectivity index (χ0v) is 12.7. The molecule has 1 amide bonds. The van der Waals surface area contributed by atoms with Crippen molar-refractivity contribution in [3.63, 3.8) is 0 Å². The maximum atomic E-state index is 12.5. The minimum Gasteiger partial charge on any atom is -0.377 e. The molecule has 1 aromatic rings. The van der Waals surface area contributed by atoms with Crippen LogP contribution in [0.4, 0.5) is 0 Å². The number of ether oxygens (including phenoxy) is 2. The Labute approximate surface area is 132 Å². The van der Waals surface area contributed by atoms with Crippen molar-refractivity contribution in [1.82, 2.24) is 20.0 Å². The van der Waals surface area contributed by atoms with Gasteiger partial charge < -0.3 is 19.7 Å². The first kappa shape index (κ1) is 15.9. The highest BCUT2D eigenvalue weighted by Gasteiger charge is 2.39. The third kappa shape index (κ3) is 3.69. The van der Waals surface area contributed by atoms with Crippen molar-refractivity contribution in [3.05, 3.63) is 32.8 Å². The van der Waals surface area contributed by atoms with Crippen LogP contribution in [0.3, 0.4) is 0 Å². The average Bonchev–Trinajstić information content (AvgIpc) is 2.76. The van der Waals surface area contributed by atoms with Gasteiger partial charge in [0.1, 0.15) is 12.1 Å². The van der Waals surface area contributed by atoms with Crippen LogP contribution in [0, 0.1) is 0 Å². The highest BCUT2D eigenvalue weighted by Crippen LogP contribution is 2.19.